The number of aromatic nitrogens is 1. The molecule has 0 aliphatic carbocycles. The molecular weight excluding hydrogens is 267 g/mol. The van der Waals surface area contributed by atoms with Crippen LogP contribution in [0.5, 0.6) is 0 Å². The third-order valence-electron chi connectivity index (χ3n) is 2.77. The number of nitrogens with zero attached hydrogens (tertiary/aromatic N) is 1. The summed E-state index contributed by atoms with van der Waals surface area (Å²) in [4.78, 5) is 0.0823. The Hall–Kier alpha value is -1.66. The van der Waals surface area contributed by atoms with Crippen molar-refractivity contribution in [3.63, 3.8) is 0 Å². The van der Waals surface area contributed by atoms with Crippen molar-refractivity contribution in [3.05, 3.63) is 54.1 Å². The van der Waals surface area contributed by atoms with Gasteiger partial charge in [-0.1, -0.05) is 0 Å². The van der Waals surface area contributed by atoms with Gasteiger partial charge in [-0.15, -0.1) is 0 Å². The van der Waals surface area contributed by atoms with Crippen molar-refractivity contribution in [1.29, 1.82) is 0 Å². The molecule has 2 aromatic rings. The number of hydrogen-bond donors (Lipinski definition) is 1. The van der Waals surface area contributed by atoms with E-state index in [9.17, 15) is 12.8 Å². The van der Waals surface area contributed by atoms with Crippen LogP contribution in [0.3, 0.4) is 0 Å². The third-order valence-corrected chi connectivity index (χ3v) is 4.23. The Morgan fingerprint density at radius 1 is 1.26 bits per heavy atom. The fourth-order valence-corrected chi connectivity index (χ4v) is 2.80. The number of benzene rings is 1. The lowest BCUT2D eigenvalue weighted by Gasteiger charge is -2.08. The second-order valence-corrected chi connectivity index (χ2v) is 6.00. The summed E-state index contributed by atoms with van der Waals surface area (Å²) in [6.45, 7) is 2.37. The van der Waals surface area contributed by atoms with Crippen LogP contribution in [0.25, 0.3) is 0 Å². The highest BCUT2D eigenvalue weighted by molar-refractivity contribution is 7.89. The summed E-state index contributed by atoms with van der Waals surface area (Å²) in [6, 6.07) is 7.50. The molecule has 1 N–H and O–H groups in total. The van der Waals surface area contributed by atoms with Gasteiger partial charge in [-0.05, 0) is 42.8 Å². The van der Waals surface area contributed by atoms with E-state index >= 15 is 0 Å². The van der Waals surface area contributed by atoms with Crippen LogP contribution in [0.1, 0.15) is 5.56 Å². The van der Waals surface area contributed by atoms with Crippen molar-refractivity contribution >= 4 is 10.0 Å². The maximum absolute atomic E-state index is 13.1. The number of halogens is 1. The summed E-state index contributed by atoms with van der Waals surface area (Å²) >= 11 is 0. The Morgan fingerprint density at radius 3 is 2.58 bits per heavy atom. The standard InChI is InChI=1S/C13H15FN2O2S/c1-11-10-12(4-5-13(11)14)19(17,18)15-6-9-16-7-2-3-8-16/h2-5,7-8,10,15H,6,9H2,1H3. The van der Waals surface area contributed by atoms with E-state index in [1.54, 1.807) is 0 Å². The number of nitrogens with one attached hydrogen (secondary N) is 1. The molecule has 102 valence electrons. The zero-order valence-electron chi connectivity index (χ0n) is 10.5. The normalized spacial score (nSPS) is 11.7. The summed E-state index contributed by atoms with van der Waals surface area (Å²) in [5.41, 5.74) is 0.313. The van der Waals surface area contributed by atoms with Crippen molar-refractivity contribution in [2.75, 3.05) is 6.54 Å². The van der Waals surface area contributed by atoms with Crippen LogP contribution in [0.4, 0.5) is 4.39 Å². The zero-order chi connectivity index (χ0) is 13.9. The van der Waals surface area contributed by atoms with E-state index in [-0.39, 0.29) is 11.4 Å². The van der Waals surface area contributed by atoms with Crippen LogP contribution in [-0.2, 0) is 16.6 Å². The molecule has 0 saturated carbocycles. The molecule has 0 bridgehead atoms. The molecule has 0 atom stereocenters. The van der Waals surface area contributed by atoms with Crippen LogP contribution in [0.2, 0.25) is 0 Å². The predicted molar refractivity (Wildman–Crippen MR) is 70.8 cm³/mol. The minimum absolute atomic E-state index is 0.0823. The van der Waals surface area contributed by atoms with Gasteiger partial charge in [0.2, 0.25) is 10.0 Å². The highest BCUT2D eigenvalue weighted by Gasteiger charge is 2.14. The Bertz CT molecular complexity index is 651. The van der Waals surface area contributed by atoms with Gasteiger partial charge in [0, 0.05) is 25.5 Å². The van der Waals surface area contributed by atoms with Gasteiger partial charge in [0.15, 0.2) is 0 Å². The van der Waals surface area contributed by atoms with Gasteiger partial charge in [-0.2, -0.15) is 0 Å². The molecule has 2 rings (SSSR count). The van der Waals surface area contributed by atoms with E-state index in [1.165, 1.54) is 19.1 Å². The Morgan fingerprint density at radius 2 is 1.95 bits per heavy atom. The second-order valence-electron chi connectivity index (χ2n) is 4.23. The average molecular weight is 282 g/mol. The van der Waals surface area contributed by atoms with Gasteiger partial charge < -0.3 is 4.57 Å². The summed E-state index contributed by atoms with van der Waals surface area (Å²) < 4.78 is 41.4. The van der Waals surface area contributed by atoms with E-state index in [0.29, 0.717) is 12.1 Å². The molecule has 0 radical (unpaired) electrons. The van der Waals surface area contributed by atoms with Gasteiger partial charge in [0.05, 0.1) is 4.90 Å². The van der Waals surface area contributed by atoms with Gasteiger partial charge in [-0.3, -0.25) is 0 Å². The van der Waals surface area contributed by atoms with Crippen LogP contribution >= 0.6 is 0 Å². The Labute approximate surface area is 111 Å². The molecule has 4 nitrogen and oxygen atoms in total. The minimum Gasteiger partial charge on any atom is -0.353 e. The molecule has 0 fully saturated rings. The fraction of sp³-hybridized carbons (Fsp3) is 0.231. The second kappa shape index (κ2) is 5.54. The van der Waals surface area contributed by atoms with E-state index in [4.69, 9.17) is 0 Å². The van der Waals surface area contributed by atoms with Crippen LogP contribution in [0, 0.1) is 12.7 Å². The first-order chi connectivity index (χ1) is 8.99. The molecule has 19 heavy (non-hydrogen) atoms. The molecule has 1 heterocycles. The first-order valence-electron chi connectivity index (χ1n) is 5.85. The highest BCUT2D eigenvalue weighted by atomic mass is 32.2. The van der Waals surface area contributed by atoms with Crippen molar-refractivity contribution in [2.45, 2.75) is 18.4 Å². The topological polar surface area (TPSA) is 51.1 Å². The first-order valence-corrected chi connectivity index (χ1v) is 7.34. The molecule has 0 aliphatic rings. The van der Waals surface area contributed by atoms with Gasteiger partial charge in [0.1, 0.15) is 5.82 Å². The van der Waals surface area contributed by atoms with Crippen molar-refractivity contribution in [2.24, 2.45) is 0 Å². The molecule has 0 spiro atoms. The average Bonchev–Trinajstić information content (AvgIpc) is 2.85. The first kappa shape index (κ1) is 13.8. The molecule has 0 saturated heterocycles. The quantitative estimate of drug-likeness (QED) is 0.911. The lowest BCUT2D eigenvalue weighted by molar-refractivity contribution is 0.572. The number of rotatable bonds is 5. The number of aryl methyl sites for hydroxylation is 1. The van der Waals surface area contributed by atoms with E-state index < -0.39 is 15.8 Å². The van der Waals surface area contributed by atoms with Crippen molar-refractivity contribution < 1.29 is 12.8 Å². The molecule has 0 aliphatic heterocycles. The highest BCUT2D eigenvalue weighted by Crippen LogP contribution is 2.13. The molecule has 1 aromatic carbocycles. The molecule has 1 aromatic heterocycles. The van der Waals surface area contributed by atoms with E-state index in [2.05, 4.69) is 4.72 Å². The van der Waals surface area contributed by atoms with Crippen LogP contribution in [0.15, 0.2) is 47.6 Å². The molecular formula is C13H15FN2O2S. The van der Waals surface area contributed by atoms with Crippen molar-refractivity contribution in [3.8, 4) is 0 Å². The molecule has 0 amide bonds. The van der Waals surface area contributed by atoms with Crippen molar-refractivity contribution in [1.82, 2.24) is 9.29 Å². The number of sulfonamides is 1. The smallest absolute Gasteiger partial charge is 0.240 e. The summed E-state index contributed by atoms with van der Waals surface area (Å²) in [6.07, 6.45) is 3.71. The minimum atomic E-state index is -3.58. The predicted octanol–water partition coefficient (Wildman–Crippen LogP) is 1.91. The SMILES string of the molecule is Cc1cc(S(=O)(=O)NCCn2cccc2)ccc1F. The Kier molecular flexibility index (Phi) is 4.01. The van der Waals surface area contributed by atoms with E-state index in [0.717, 1.165) is 6.07 Å². The van der Waals surface area contributed by atoms with Gasteiger partial charge >= 0.3 is 0 Å². The Balaban J connectivity index is 2.03. The monoisotopic (exact) mass is 282 g/mol. The largest absolute Gasteiger partial charge is 0.353 e. The van der Waals surface area contributed by atoms with Gasteiger partial charge in [0.25, 0.3) is 0 Å². The number of hydrogen-bond acceptors (Lipinski definition) is 2. The van der Waals surface area contributed by atoms with Gasteiger partial charge in [-0.25, -0.2) is 17.5 Å². The fourth-order valence-electron chi connectivity index (χ4n) is 1.70. The van der Waals surface area contributed by atoms with Crippen LogP contribution < -0.4 is 4.72 Å². The summed E-state index contributed by atoms with van der Waals surface area (Å²) in [5, 5.41) is 0. The lowest BCUT2D eigenvalue weighted by atomic mass is 10.2. The lowest BCUT2D eigenvalue weighted by Crippen LogP contribution is -2.27. The van der Waals surface area contributed by atoms with E-state index in [1.807, 2.05) is 29.1 Å². The maximum atomic E-state index is 13.1. The third kappa shape index (κ3) is 3.42. The zero-order valence-corrected chi connectivity index (χ0v) is 11.3. The maximum Gasteiger partial charge on any atom is 0.240 e. The van der Waals surface area contributed by atoms with Crippen LogP contribution in [-0.4, -0.2) is 19.5 Å². The summed E-state index contributed by atoms with van der Waals surface area (Å²) in [7, 11) is -3.58. The molecule has 0 unspecified atom stereocenters. The molecule has 6 heteroatoms. The summed E-state index contributed by atoms with van der Waals surface area (Å²) in [5.74, 6) is -0.411.